The standard InChI is InChI=1S/C17H25NO/c1-18-17-15(12-13-8-10-19-11-9-13)7-6-14-4-2-3-5-16(14)17/h2-5,13,15,17-18H,6-12H2,1H3. The molecule has 2 aliphatic rings. The first-order valence-electron chi connectivity index (χ1n) is 7.71. The number of hydrogen-bond donors (Lipinski definition) is 1. The van der Waals surface area contributed by atoms with E-state index < -0.39 is 0 Å². The van der Waals surface area contributed by atoms with Gasteiger partial charge in [-0.1, -0.05) is 24.3 Å². The van der Waals surface area contributed by atoms with Crippen molar-refractivity contribution in [1.82, 2.24) is 5.32 Å². The Morgan fingerprint density at radius 3 is 2.74 bits per heavy atom. The predicted octanol–water partition coefficient (Wildman–Crippen LogP) is 3.33. The zero-order chi connectivity index (χ0) is 13.1. The highest BCUT2D eigenvalue weighted by molar-refractivity contribution is 5.33. The van der Waals surface area contributed by atoms with Gasteiger partial charge >= 0.3 is 0 Å². The Hall–Kier alpha value is -0.860. The number of fused-ring (bicyclic) bond motifs is 1. The molecule has 2 atom stereocenters. The summed E-state index contributed by atoms with van der Waals surface area (Å²) in [4.78, 5) is 0. The topological polar surface area (TPSA) is 21.3 Å². The van der Waals surface area contributed by atoms with Gasteiger partial charge in [0, 0.05) is 19.3 Å². The minimum atomic E-state index is 0.549. The maximum atomic E-state index is 5.48. The minimum Gasteiger partial charge on any atom is -0.381 e. The number of ether oxygens (including phenoxy) is 1. The van der Waals surface area contributed by atoms with Gasteiger partial charge in [-0.2, -0.15) is 0 Å². The van der Waals surface area contributed by atoms with E-state index in [1.807, 2.05) is 0 Å². The Morgan fingerprint density at radius 2 is 1.95 bits per heavy atom. The zero-order valence-electron chi connectivity index (χ0n) is 11.9. The average molecular weight is 259 g/mol. The Labute approximate surface area is 116 Å². The molecule has 1 saturated heterocycles. The first-order valence-corrected chi connectivity index (χ1v) is 7.71. The monoisotopic (exact) mass is 259 g/mol. The third-order valence-electron chi connectivity index (χ3n) is 4.93. The highest BCUT2D eigenvalue weighted by atomic mass is 16.5. The van der Waals surface area contributed by atoms with Gasteiger partial charge in [0.1, 0.15) is 0 Å². The summed E-state index contributed by atoms with van der Waals surface area (Å²) in [7, 11) is 2.11. The van der Waals surface area contributed by atoms with Crippen LogP contribution in [-0.4, -0.2) is 20.3 Å². The molecule has 2 nitrogen and oxygen atoms in total. The van der Waals surface area contributed by atoms with Crippen molar-refractivity contribution < 1.29 is 4.74 Å². The van der Waals surface area contributed by atoms with Crippen molar-refractivity contribution >= 4 is 0 Å². The Balaban J connectivity index is 1.72. The second-order valence-electron chi connectivity index (χ2n) is 6.06. The lowest BCUT2D eigenvalue weighted by Crippen LogP contribution is -2.32. The van der Waals surface area contributed by atoms with Crippen molar-refractivity contribution in [2.75, 3.05) is 20.3 Å². The van der Waals surface area contributed by atoms with Crippen LogP contribution in [0.3, 0.4) is 0 Å². The summed E-state index contributed by atoms with van der Waals surface area (Å²) in [5.74, 6) is 1.67. The molecular weight excluding hydrogens is 234 g/mol. The van der Waals surface area contributed by atoms with Crippen molar-refractivity contribution in [3.05, 3.63) is 35.4 Å². The fourth-order valence-corrected chi connectivity index (χ4v) is 3.88. The van der Waals surface area contributed by atoms with E-state index in [0.717, 1.165) is 25.0 Å². The van der Waals surface area contributed by atoms with Crippen LogP contribution in [0.4, 0.5) is 0 Å². The highest BCUT2D eigenvalue weighted by Gasteiger charge is 2.30. The quantitative estimate of drug-likeness (QED) is 0.899. The molecule has 2 heteroatoms. The van der Waals surface area contributed by atoms with Gasteiger partial charge < -0.3 is 10.1 Å². The van der Waals surface area contributed by atoms with Crippen LogP contribution >= 0.6 is 0 Å². The molecule has 1 heterocycles. The lowest BCUT2D eigenvalue weighted by molar-refractivity contribution is 0.0550. The molecule has 1 aliphatic heterocycles. The molecule has 2 unspecified atom stereocenters. The zero-order valence-corrected chi connectivity index (χ0v) is 11.9. The first kappa shape index (κ1) is 13.1. The number of rotatable bonds is 3. The third-order valence-corrected chi connectivity index (χ3v) is 4.93. The van der Waals surface area contributed by atoms with E-state index in [1.54, 1.807) is 5.56 Å². The van der Waals surface area contributed by atoms with Crippen molar-refractivity contribution in [2.24, 2.45) is 11.8 Å². The van der Waals surface area contributed by atoms with Crippen LogP contribution < -0.4 is 5.32 Å². The summed E-state index contributed by atoms with van der Waals surface area (Å²) in [6.07, 6.45) is 6.47. The van der Waals surface area contributed by atoms with Crippen molar-refractivity contribution in [1.29, 1.82) is 0 Å². The number of nitrogens with one attached hydrogen (secondary N) is 1. The van der Waals surface area contributed by atoms with Crippen LogP contribution in [0.25, 0.3) is 0 Å². The molecule has 1 aliphatic carbocycles. The molecule has 0 saturated carbocycles. The van der Waals surface area contributed by atoms with Crippen molar-refractivity contribution in [3.8, 4) is 0 Å². The maximum Gasteiger partial charge on any atom is 0.0468 e. The van der Waals surface area contributed by atoms with Gasteiger partial charge in [0.15, 0.2) is 0 Å². The molecule has 1 aromatic rings. The van der Waals surface area contributed by atoms with Gasteiger partial charge in [-0.15, -0.1) is 0 Å². The lowest BCUT2D eigenvalue weighted by atomic mass is 9.74. The largest absolute Gasteiger partial charge is 0.381 e. The van der Waals surface area contributed by atoms with Gasteiger partial charge in [0.25, 0.3) is 0 Å². The molecule has 0 bridgehead atoms. The Kier molecular flexibility index (Phi) is 4.19. The van der Waals surface area contributed by atoms with Gasteiger partial charge in [0.05, 0.1) is 0 Å². The van der Waals surface area contributed by atoms with E-state index in [9.17, 15) is 0 Å². The van der Waals surface area contributed by atoms with Crippen LogP contribution in [0.2, 0.25) is 0 Å². The van der Waals surface area contributed by atoms with Crippen LogP contribution in [0, 0.1) is 11.8 Å². The van der Waals surface area contributed by atoms with Crippen LogP contribution in [0.15, 0.2) is 24.3 Å². The summed E-state index contributed by atoms with van der Waals surface area (Å²) in [6.45, 7) is 1.94. The summed E-state index contributed by atoms with van der Waals surface area (Å²) in [5, 5.41) is 3.57. The molecule has 0 spiro atoms. The van der Waals surface area contributed by atoms with Crippen LogP contribution in [0.5, 0.6) is 0 Å². The highest BCUT2D eigenvalue weighted by Crippen LogP contribution is 2.39. The second-order valence-corrected chi connectivity index (χ2v) is 6.06. The van der Waals surface area contributed by atoms with Gasteiger partial charge in [-0.05, 0) is 62.1 Å². The van der Waals surface area contributed by atoms with E-state index in [-0.39, 0.29) is 0 Å². The average Bonchev–Trinajstić information content (AvgIpc) is 2.48. The molecule has 1 aromatic carbocycles. The molecule has 19 heavy (non-hydrogen) atoms. The van der Waals surface area contributed by atoms with Gasteiger partial charge in [0.2, 0.25) is 0 Å². The summed E-state index contributed by atoms with van der Waals surface area (Å²) in [5.41, 5.74) is 3.08. The Morgan fingerprint density at radius 1 is 1.16 bits per heavy atom. The smallest absolute Gasteiger partial charge is 0.0468 e. The second kappa shape index (κ2) is 6.06. The minimum absolute atomic E-state index is 0.549. The van der Waals surface area contributed by atoms with E-state index >= 15 is 0 Å². The van der Waals surface area contributed by atoms with Gasteiger partial charge in [-0.3, -0.25) is 0 Å². The molecule has 0 amide bonds. The third kappa shape index (κ3) is 2.85. The fraction of sp³-hybridized carbons (Fsp3) is 0.647. The van der Waals surface area contributed by atoms with Crippen LogP contribution in [-0.2, 0) is 11.2 Å². The summed E-state index contributed by atoms with van der Waals surface area (Å²) >= 11 is 0. The fourth-order valence-electron chi connectivity index (χ4n) is 3.88. The number of aryl methyl sites for hydroxylation is 1. The molecule has 104 valence electrons. The number of benzene rings is 1. The lowest BCUT2D eigenvalue weighted by Gasteiger charge is -2.36. The summed E-state index contributed by atoms with van der Waals surface area (Å²) < 4.78 is 5.48. The van der Waals surface area contributed by atoms with E-state index in [2.05, 4.69) is 36.6 Å². The summed E-state index contributed by atoms with van der Waals surface area (Å²) in [6, 6.07) is 9.51. The first-order chi connectivity index (χ1) is 9.38. The van der Waals surface area contributed by atoms with E-state index in [0.29, 0.717) is 6.04 Å². The van der Waals surface area contributed by atoms with Gasteiger partial charge in [-0.25, -0.2) is 0 Å². The molecule has 0 radical (unpaired) electrons. The maximum absolute atomic E-state index is 5.48. The molecular formula is C17H25NO. The normalized spacial score (nSPS) is 28.1. The molecule has 1 fully saturated rings. The van der Waals surface area contributed by atoms with Crippen molar-refractivity contribution in [3.63, 3.8) is 0 Å². The number of hydrogen-bond acceptors (Lipinski definition) is 2. The molecule has 1 N–H and O–H groups in total. The van der Waals surface area contributed by atoms with E-state index in [1.165, 1.54) is 37.7 Å². The van der Waals surface area contributed by atoms with Crippen molar-refractivity contribution in [2.45, 2.75) is 38.1 Å². The molecule has 3 rings (SSSR count). The predicted molar refractivity (Wildman–Crippen MR) is 78.2 cm³/mol. The SMILES string of the molecule is CNC1c2ccccc2CCC1CC1CCOCC1. The van der Waals surface area contributed by atoms with Crippen LogP contribution in [0.1, 0.15) is 42.9 Å². The molecule has 0 aromatic heterocycles. The van der Waals surface area contributed by atoms with E-state index in [4.69, 9.17) is 4.74 Å². The Bertz CT molecular complexity index is 411.